The number of ketones is 1. The molecule has 0 aliphatic rings. The third kappa shape index (κ3) is 6.56. The number of Topliss-reactive ketones (excluding diaryl/α,β-unsaturated/α-hetero) is 1. The Balaban J connectivity index is 2.41. The number of amides is 1. The van der Waals surface area contributed by atoms with Crippen LogP contribution in [0.1, 0.15) is 36.5 Å². The Morgan fingerprint density at radius 3 is 2.33 bits per heavy atom. The highest BCUT2D eigenvalue weighted by atomic mass is 16.5. The maximum absolute atomic E-state index is 11.9. The summed E-state index contributed by atoms with van der Waals surface area (Å²) >= 11 is 0. The third-order valence-electron chi connectivity index (χ3n) is 2.58. The number of hydrogen-bond acceptors (Lipinski definition) is 5. The van der Waals surface area contributed by atoms with Crippen LogP contribution in [0, 0.1) is 0 Å². The van der Waals surface area contributed by atoms with Gasteiger partial charge < -0.3 is 15.2 Å². The highest BCUT2D eigenvalue weighted by Gasteiger charge is 2.11. The van der Waals surface area contributed by atoms with Crippen molar-refractivity contribution in [3.63, 3.8) is 0 Å². The fourth-order valence-electron chi connectivity index (χ4n) is 1.54. The van der Waals surface area contributed by atoms with E-state index in [0.717, 1.165) is 6.42 Å². The van der Waals surface area contributed by atoms with Crippen molar-refractivity contribution in [1.82, 2.24) is 0 Å². The van der Waals surface area contributed by atoms with Gasteiger partial charge in [0.25, 0.3) is 5.91 Å². The minimum absolute atomic E-state index is 0.0206. The van der Waals surface area contributed by atoms with E-state index in [1.807, 2.05) is 6.92 Å². The zero-order valence-electron chi connectivity index (χ0n) is 12.0. The van der Waals surface area contributed by atoms with Crippen molar-refractivity contribution >= 4 is 17.7 Å². The number of nitrogens with two attached hydrogens (primary N) is 1. The van der Waals surface area contributed by atoms with Gasteiger partial charge >= 0.3 is 5.97 Å². The first kappa shape index (κ1) is 16.7. The molecule has 0 saturated carbocycles. The molecule has 6 nitrogen and oxygen atoms in total. The highest BCUT2D eigenvalue weighted by molar-refractivity contribution is 5.97. The number of benzene rings is 1. The summed E-state index contributed by atoms with van der Waals surface area (Å²) in [5, 5.41) is 0. The molecule has 1 aromatic rings. The van der Waals surface area contributed by atoms with E-state index < -0.39 is 18.5 Å². The van der Waals surface area contributed by atoms with Gasteiger partial charge in [-0.3, -0.25) is 14.4 Å². The summed E-state index contributed by atoms with van der Waals surface area (Å²) in [6, 6.07) is 6.74. The molecule has 114 valence electrons. The maximum atomic E-state index is 11.9. The molecule has 0 bridgehead atoms. The zero-order chi connectivity index (χ0) is 15.7. The number of hydrogen-bond donors (Lipinski definition) is 1. The van der Waals surface area contributed by atoms with Crippen molar-refractivity contribution in [3.8, 4) is 5.75 Å². The van der Waals surface area contributed by atoms with E-state index in [4.69, 9.17) is 10.5 Å². The van der Waals surface area contributed by atoms with E-state index in [1.54, 1.807) is 24.3 Å². The second-order valence-electron chi connectivity index (χ2n) is 4.42. The Morgan fingerprint density at radius 1 is 1.10 bits per heavy atom. The van der Waals surface area contributed by atoms with E-state index >= 15 is 0 Å². The van der Waals surface area contributed by atoms with E-state index in [-0.39, 0.29) is 18.6 Å². The monoisotopic (exact) mass is 293 g/mol. The lowest BCUT2D eigenvalue weighted by molar-refractivity contribution is -0.147. The molecule has 2 N–H and O–H groups in total. The van der Waals surface area contributed by atoms with Crippen LogP contribution < -0.4 is 10.5 Å². The van der Waals surface area contributed by atoms with Crippen molar-refractivity contribution < 1.29 is 23.9 Å². The second kappa shape index (κ2) is 8.73. The Kier molecular flexibility index (Phi) is 6.94. The Morgan fingerprint density at radius 2 is 1.76 bits per heavy atom. The molecule has 0 unspecified atom stereocenters. The average Bonchev–Trinajstić information content (AvgIpc) is 2.49. The van der Waals surface area contributed by atoms with Crippen LogP contribution >= 0.6 is 0 Å². The van der Waals surface area contributed by atoms with Gasteiger partial charge in [0.2, 0.25) is 0 Å². The van der Waals surface area contributed by atoms with Crippen LogP contribution in [0.4, 0.5) is 0 Å². The van der Waals surface area contributed by atoms with Gasteiger partial charge in [-0.15, -0.1) is 0 Å². The second-order valence-corrected chi connectivity index (χ2v) is 4.42. The first-order chi connectivity index (χ1) is 10.0. The van der Waals surface area contributed by atoms with Gasteiger partial charge in [0.15, 0.2) is 12.4 Å². The SMILES string of the molecule is CCCOc1ccc(C(=O)CCC(=O)OCC(N)=O)cc1. The predicted octanol–water partition coefficient (Wildman–Crippen LogP) is 1.47. The van der Waals surface area contributed by atoms with Crippen LogP contribution in [0.5, 0.6) is 5.75 Å². The molecule has 1 rings (SSSR count). The van der Waals surface area contributed by atoms with Crippen molar-refractivity contribution in [2.45, 2.75) is 26.2 Å². The number of esters is 1. The molecular weight excluding hydrogens is 274 g/mol. The maximum Gasteiger partial charge on any atom is 0.306 e. The summed E-state index contributed by atoms with van der Waals surface area (Å²) in [6.07, 6.45) is 0.848. The number of primary amides is 1. The molecule has 0 spiro atoms. The zero-order valence-corrected chi connectivity index (χ0v) is 12.0. The largest absolute Gasteiger partial charge is 0.494 e. The molecule has 0 aliphatic carbocycles. The highest BCUT2D eigenvalue weighted by Crippen LogP contribution is 2.14. The van der Waals surface area contributed by atoms with Crippen LogP contribution in [0.2, 0.25) is 0 Å². The number of carbonyl (C=O) groups excluding carboxylic acids is 3. The van der Waals surface area contributed by atoms with E-state index in [1.165, 1.54) is 0 Å². The van der Waals surface area contributed by atoms with Gasteiger partial charge in [-0.25, -0.2) is 0 Å². The minimum atomic E-state index is -0.725. The molecule has 0 heterocycles. The summed E-state index contributed by atoms with van der Waals surface area (Å²) in [4.78, 5) is 33.6. The van der Waals surface area contributed by atoms with Crippen molar-refractivity contribution in [1.29, 1.82) is 0 Å². The summed E-state index contributed by atoms with van der Waals surface area (Å²) < 4.78 is 9.98. The lowest BCUT2D eigenvalue weighted by Crippen LogP contribution is -2.21. The third-order valence-corrected chi connectivity index (χ3v) is 2.58. The lowest BCUT2D eigenvalue weighted by Gasteiger charge is -2.05. The van der Waals surface area contributed by atoms with Crippen LogP contribution in [0.25, 0.3) is 0 Å². The number of ether oxygens (including phenoxy) is 2. The Bertz CT molecular complexity index is 495. The summed E-state index contributed by atoms with van der Waals surface area (Å²) in [6.45, 7) is 2.17. The van der Waals surface area contributed by atoms with Crippen LogP contribution in [-0.2, 0) is 14.3 Å². The fraction of sp³-hybridized carbons (Fsp3) is 0.400. The quantitative estimate of drug-likeness (QED) is 0.549. The Labute approximate surface area is 123 Å². The standard InChI is InChI=1S/C15H19NO5/c1-2-9-20-12-5-3-11(4-6-12)13(17)7-8-15(19)21-10-14(16)18/h3-6H,2,7-10H2,1H3,(H2,16,18). The van der Waals surface area contributed by atoms with Crippen molar-refractivity contribution in [2.75, 3.05) is 13.2 Å². The molecule has 0 atom stereocenters. The molecule has 0 aliphatic heterocycles. The number of carbonyl (C=O) groups is 3. The van der Waals surface area contributed by atoms with Crippen LogP contribution in [0.15, 0.2) is 24.3 Å². The summed E-state index contributed by atoms with van der Waals surface area (Å²) in [7, 11) is 0. The smallest absolute Gasteiger partial charge is 0.306 e. The molecule has 21 heavy (non-hydrogen) atoms. The molecule has 0 fully saturated rings. The molecule has 6 heteroatoms. The van der Waals surface area contributed by atoms with Crippen molar-refractivity contribution in [2.24, 2.45) is 5.73 Å². The summed E-state index contributed by atoms with van der Waals surface area (Å²) in [5.41, 5.74) is 5.34. The molecule has 1 aromatic carbocycles. The molecule has 0 aromatic heterocycles. The Hall–Kier alpha value is -2.37. The molecule has 0 radical (unpaired) electrons. The molecular formula is C15H19NO5. The first-order valence-electron chi connectivity index (χ1n) is 6.73. The van der Waals surface area contributed by atoms with Gasteiger partial charge in [-0.05, 0) is 30.7 Å². The lowest BCUT2D eigenvalue weighted by atomic mass is 10.1. The molecule has 1 amide bonds. The number of rotatable bonds is 9. The average molecular weight is 293 g/mol. The van der Waals surface area contributed by atoms with E-state index in [2.05, 4.69) is 4.74 Å². The first-order valence-corrected chi connectivity index (χ1v) is 6.73. The topological polar surface area (TPSA) is 95.7 Å². The molecule has 0 saturated heterocycles. The van der Waals surface area contributed by atoms with Gasteiger partial charge in [0, 0.05) is 12.0 Å². The van der Waals surface area contributed by atoms with Gasteiger partial charge in [0.1, 0.15) is 5.75 Å². The summed E-state index contributed by atoms with van der Waals surface area (Å²) in [5.74, 6) is -0.815. The van der Waals surface area contributed by atoms with Gasteiger partial charge in [-0.2, -0.15) is 0 Å². The van der Waals surface area contributed by atoms with E-state index in [9.17, 15) is 14.4 Å². The normalized spacial score (nSPS) is 9.95. The van der Waals surface area contributed by atoms with Crippen LogP contribution in [-0.4, -0.2) is 30.9 Å². The van der Waals surface area contributed by atoms with Crippen molar-refractivity contribution in [3.05, 3.63) is 29.8 Å². The van der Waals surface area contributed by atoms with Crippen LogP contribution in [0.3, 0.4) is 0 Å². The van der Waals surface area contributed by atoms with Gasteiger partial charge in [0.05, 0.1) is 13.0 Å². The van der Waals surface area contributed by atoms with E-state index in [0.29, 0.717) is 17.9 Å². The van der Waals surface area contributed by atoms with Gasteiger partial charge in [-0.1, -0.05) is 6.92 Å². The minimum Gasteiger partial charge on any atom is -0.494 e. The fourth-order valence-corrected chi connectivity index (χ4v) is 1.54. The predicted molar refractivity (Wildman–Crippen MR) is 75.9 cm³/mol.